The second kappa shape index (κ2) is 5.83. The van der Waals surface area contributed by atoms with Gasteiger partial charge in [0.2, 0.25) is 0 Å². The fraction of sp³-hybridized carbons (Fsp3) is 0.462. The Morgan fingerprint density at radius 1 is 1.47 bits per heavy atom. The molecule has 0 aromatic heterocycles. The molecular weight excluding hydrogens is 296 g/mol. The third-order valence-corrected chi connectivity index (χ3v) is 3.76. The van der Waals surface area contributed by atoms with Crippen molar-refractivity contribution in [1.82, 2.24) is 0 Å². The van der Waals surface area contributed by atoms with Gasteiger partial charge in [0.15, 0.2) is 0 Å². The molecule has 0 radical (unpaired) electrons. The highest BCUT2D eigenvalue weighted by molar-refractivity contribution is 9.10. The zero-order valence-corrected chi connectivity index (χ0v) is 12.1. The van der Waals surface area contributed by atoms with Crippen LogP contribution in [0.2, 0.25) is 0 Å². The van der Waals surface area contributed by atoms with Crippen LogP contribution in [0.15, 0.2) is 22.7 Å². The highest BCUT2D eigenvalue weighted by Crippen LogP contribution is 2.33. The van der Waals surface area contributed by atoms with Crippen LogP contribution in [0.3, 0.4) is 0 Å². The molecule has 0 saturated heterocycles. The minimum Gasteiger partial charge on any atom is -0.389 e. The molecule has 0 unspecified atom stereocenters. The van der Waals surface area contributed by atoms with E-state index in [4.69, 9.17) is 18.0 Å². The van der Waals surface area contributed by atoms with Crippen molar-refractivity contribution in [2.75, 3.05) is 11.9 Å². The van der Waals surface area contributed by atoms with Crippen molar-refractivity contribution in [2.45, 2.75) is 25.7 Å². The van der Waals surface area contributed by atoms with Crippen LogP contribution in [0.4, 0.5) is 5.69 Å². The zero-order valence-electron chi connectivity index (χ0n) is 9.71. The number of hydrogen-bond donors (Lipinski definition) is 2. The van der Waals surface area contributed by atoms with Crippen molar-refractivity contribution in [3.8, 4) is 0 Å². The minimum absolute atomic E-state index is 0.441. The highest BCUT2D eigenvalue weighted by Gasteiger charge is 2.19. The Balaban J connectivity index is 1.91. The first kappa shape index (κ1) is 12.8. The third kappa shape index (κ3) is 3.96. The Labute approximate surface area is 116 Å². The molecule has 1 aromatic carbocycles. The van der Waals surface area contributed by atoms with E-state index in [2.05, 4.69) is 21.2 Å². The summed E-state index contributed by atoms with van der Waals surface area (Å²) in [7, 11) is 0. The van der Waals surface area contributed by atoms with Gasteiger partial charge < -0.3 is 11.1 Å². The average molecular weight is 313 g/mol. The number of benzene rings is 1. The van der Waals surface area contributed by atoms with Crippen molar-refractivity contribution < 1.29 is 0 Å². The number of thiocarbonyl (C=S) groups is 1. The van der Waals surface area contributed by atoms with Gasteiger partial charge in [-0.15, -0.1) is 0 Å². The molecule has 17 heavy (non-hydrogen) atoms. The summed E-state index contributed by atoms with van der Waals surface area (Å²) >= 11 is 8.49. The SMILES string of the molecule is NC(=S)c1cc(Br)ccc1NCCCC1CC1. The Kier molecular flexibility index (Phi) is 4.40. The van der Waals surface area contributed by atoms with Crippen molar-refractivity contribution >= 4 is 38.8 Å². The zero-order chi connectivity index (χ0) is 12.3. The topological polar surface area (TPSA) is 38.0 Å². The fourth-order valence-corrected chi connectivity index (χ4v) is 2.42. The summed E-state index contributed by atoms with van der Waals surface area (Å²) in [6, 6.07) is 5.99. The van der Waals surface area contributed by atoms with Crippen LogP contribution in [0.1, 0.15) is 31.2 Å². The maximum absolute atomic E-state index is 5.72. The van der Waals surface area contributed by atoms with Crippen LogP contribution >= 0.6 is 28.1 Å². The average Bonchev–Trinajstić information content (AvgIpc) is 3.09. The lowest BCUT2D eigenvalue weighted by Crippen LogP contribution is -2.14. The monoisotopic (exact) mass is 312 g/mol. The van der Waals surface area contributed by atoms with Gasteiger partial charge in [0.25, 0.3) is 0 Å². The molecule has 3 N–H and O–H groups in total. The van der Waals surface area contributed by atoms with Gasteiger partial charge in [-0.3, -0.25) is 0 Å². The van der Waals surface area contributed by atoms with Gasteiger partial charge in [-0.1, -0.05) is 41.0 Å². The van der Waals surface area contributed by atoms with E-state index in [1.165, 1.54) is 25.7 Å². The summed E-state index contributed by atoms with van der Waals surface area (Å²) in [5.74, 6) is 0.997. The molecular formula is C13H17BrN2S. The molecule has 92 valence electrons. The van der Waals surface area contributed by atoms with E-state index in [1.807, 2.05) is 18.2 Å². The van der Waals surface area contributed by atoms with Gasteiger partial charge in [-0.2, -0.15) is 0 Å². The van der Waals surface area contributed by atoms with Gasteiger partial charge in [0.05, 0.1) is 0 Å². The van der Waals surface area contributed by atoms with E-state index >= 15 is 0 Å². The van der Waals surface area contributed by atoms with Crippen LogP contribution in [0.25, 0.3) is 0 Å². The van der Waals surface area contributed by atoms with Crippen LogP contribution in [0.5, 0.6) is 0 Å². The lowest BCUT2D eigenvalue weighted by atomic mass is 10.1. The maximum atomic E-state index is 5.72. The van der Waals surface area contributed by atoms with E-state index in [0.29, 0.717) is 4.99 Å². The summed E-state index contributed by atoms with van der Waals surface area (Å²) in [4.78, 5) is 0.441. The lowest BCUT2D eigenvalue weighted by molar-refractivity contribution is 0.687. The van der Waals surface area contributed by atoms with E-state index in [1.54, 1.807) is 0 Å². The molecule has 4 heteroatoms. The van der Waals surface area contributed by atoms with Gasteiger partial charge in [-0.05, 0) is 37.0 Å². The first-order chi connectivity index (χ1) is 8.16. The number of nitrogens with one attached hydrogen (secondary N) is 1. The molecule has 2 nitrogen and oxygen atoms in total. The summed E-state index contributed by atoms with van der Waals surface area (Å²) < 4.78 is 1.00. The molecule has 0 aliphatic heterocycles. The third-order valence-electron chi connectivity index (χ3n) is 3.05. The summed E-state index contributed by atoms with van der Waals surface area (Å²) in [6.07, 6.45) is 5.41. The molecule has 1 saturated carbocycles. The van der Waals surface area contributed by atoms with Crippen molar-refractivity contribution in [2.24, 2.45) is 11.7 Å². The number of anilines is 1. The van der Waals surface area contributed by atoms with Crippen LogP contribution in [-0.4, -0.2) is 11.5 Å². The first-order valence-corrected chi connectivity index (χ1v) is 7.20. The van der Waals surface area contributed by atoms with Crippen LogP contribution in [-0.2, 0) is 0 Å². The smallest absolute Gasteiger partial charge is 0.106 e. The Morgan fingerprint density at radius 3 is 2.88 bits per heavy atom. The standard InChI is InChI=1S/C13H17BrN2S/c14-10-5-6-12(11(8-10)13(15)17)16-7-1-2-9-3-4-9/h5-6,8-9,16H,1-4,7H2,(H2,15,17). The van der Waals surface area contributed by atoms with Crippen LogP contribution in [0, 0.1) is 5.92 Å². The van der Waals surface area contributed by atoms with Gasteiger partial charge in [0, 0.05) is 22.3 Å². The minimum atomic E-state index is 0.441. The molecule has 0 heterocycles. The maximum Gasteiger partial charge on any atom is 0.106 e. The molecule has 1 aromatic rings. The van der Waals surface area contributed by atoms with Crippen LogP contribution < -0.4 is 11.1 Å². The fourth-order valence-electron chi connectivity index (χ4n) is 1.89. The van der Waals surface area contributed by atoms with E-state index in [-0.39, 0.29) is 0 Å². The predicted octanol–water partition coefficient (Wildman–Crippen LogP) is 3.69. The molecule has 0 amide bonds. The number of halogens is 1. The predicted molar refractivity (Wildman–Crippen MR) is 80.5 cm³/mol. The second-order valence-electron chi connectivity index (χ2n) is 4.57. The molecule has 0 bridgehead atoms. The summed E-state index contributed by atoms with van der Waals surface area (Å²) in [5.41, 5.74) is 7.67. The van der Waals surface area contributed by atoms with Crippen molar-refractivity contribution in [1.29, 1.82) is 0 Å². The quantitative estimate of drug-likeness (QED) is 0.621. The van der Waals surface area contributed by atoms with E-state index in [0.717, 1.165) is 28.2 Å². The van der Waals surface area contributed by atoms with Crippen molar-refractivity contribution in [3.05, 3.63) is 28.2 Å². The number of rotatable bonds is 6. The van der Waals surface area contributed by atoms with Crippen molar-refractivity contribution in [3.63, 3.8) is 0 Å². The van der Waals surface area contributed by atoms with Gasteiger partial charge in [0.1, 0.15) is 4.99 Å². The van der Waals surface area contributed by atoms with Gasteiger partial charge in [-0.25, -0.2) is 0 Å². The van der Waals surface area contributed by atoms with Gasteiger partial charge >= 0.3 is 0 Å². The Bertz CT molecular complexity index is 416. The summed E-state index contributed by atoms with van der Waals surface area (Å²) in [5, 5.41) is 3.42. The molecule has 2 rings (SSSR count). The normalized spacial score (nSPS) is 14.6. The molecule has 1 aliphatic rings. The molecule has 0 atom stereocenters. The van der Waals surface area contributed by atoms with E-state index < -0.39 is 0 Å². The largest absolute Gasteiger partial charge is 0.389 e. The number of nitrogens with two attached hydrogens (primary N) is 1. The number of hydrogen-bond acceptors (Lipinski definition) is 2. The molecule has 1 aliphatic carbocycles. The second-order valence-corrected chi connectivity index (χ2v) is 5.92. The molecule has 0 spiro atoms. The first-order valence-electron chi connectivity index (χ1n) is 6.00. The lowest BCUT2D eigenvalue weighted by Gasteiger charge is -2.11. The van der Waals surface area contributed by atoms with E-state index in [9.17, 15) is 0 Å². The summed E-state index contributed by atoms with van der Waals surface area (Å²) in [6.45, 7) is 0.994. The highest BCUT2D eigenvalue weighted by atomic mass is 79.9. The molecule has 1 fully saturated rings. The Hall–Kier alpha value is -0.610. The Morgan fingerprint density at radius 2 is 2.24 bits per heavy atom.